The van der Waals surface area contributed by atoms with Crippen LogP contribution in [0.5, 0.6) is 5.75 Å². The first-order valence-electron chi connectivity index (χ1n) is 14.2. The Hall–Kier alpha value is -4.21. The van der Waals surface area contributed by atoms with E-state index < -0.39 is 23.0 Å². The summed E-state index contributed by atoms with van der Waals surface area (Å²) in [6.07, 6.45) is 0.648. The molecule has 1 heterocycles. The minimum Gasteiger partial charge on any atom is -0.494 e. The van der Waals surface area contributed by atoms with Crippen molar-refractivity contribution in [3.8, 4) is 16.9 Å². The molecule has 0 aromatic heterocycles. The number of nitrogens with one attached hydrogen (secondary N) is 2. The number of nitrogens with zero attached hydrogens (tertiary/aromatic N) is 1. The Morgan fingerprint density at radius 3 is 2.26 bits per heavy atom. The lowest BCUT2D eigenvalue weighted by molar-refractivity contribution is -0.155. The fourth-order valence-electron chi connectivity index (χ4n) is 5.17. The number of carbonyl (C=O) groups excluding carboxylic acids is 2. The third kappa shape index (κ3) is 6.48. The predicted molar refractivity (Wildman–Crippen MR) is 159 cm³/mol. The van der Waals surface area contributed by atoms with Crippen molar-refractivity contribution in [1.29, 1.82) is 0 Å². The number of amides is 1. The summed E-state index contributed by atoms with van der Waals surface area (Å²) < 4.78 is 17.1. The molecule has 3 N–H and O–H groups in total. The highest BCUT2D eigenvalue weighted by Gasteiger charge is 2.45. The largest absolute Gasteiger partial charge is 0.494 e. The van der Waals surface area contributed by atoms with Crippen LogP contribution in [0.3, 0.4) is 0 Å². The minimum atomic E-state index is -1.34. The van der Waals surface area contributed by atoms with Gasteiger partial charge in [-0.05, 0) is 73.7 Å². The number of hydrogen-bond acceptors (Lipinski definition) is 8. The second-order valence-electron chi connectivity index (χ2n) is 11.5. The molecule has 0 saturated heterocycles. The van der Waals surface area contributed by atoms with E-state index in [1.165, 1.54) is 0 Å². The highest BCUT2D eigenvalue weighted by atomic mass is 16.6. The standard InChI is InChI=1S/C33H37N3O6/c1-32(2,3)42-28(38)17-18-33(21-41-30(34-33)22-13-15-23(16-14-22)40-20-8-19-37)31(39)36-35-29-26-11-6-4-9-24(26)25-10-5-7-12-27(25)29/h4-7,9-16,29,35,37H,8,17-21H2,1-3H3,(H,36,39)/t33-/m0/s1. The van der Waals surface area contributed by atoms with Crippen molar-refractivity contribution < 1.29 is 28.9 Å². The summed E-state index contributed by atoms with van der Waals surface area (Å²) in [7, 11) is 0. The Kier molecular flexibility index (Phi) is 8.61. The van der Waals surface area contributed by atoms with Gasteiger partial charge in [0.15, 0.2) is 5.54 Å². The molecule has 42 heavy (non-hydrogen) atoms. The lowest BCUT2D eigenvalue weighted by Crippen LogP contribution is -2.52. The molecular weight excluding hydrogens is 534 g/mol. The first kappa shape index (κ1) is 29.3. The van der Waals surface area contributed by atoms with Gasteiger partial charge in [-0.3, -0.25) is 15.0 Å². The quantitative estimate of drug-likeness (QED) is 0.177. The van der Waals surface area contributed by atoms with E-state index in [4.69, 9.17) is 24.3 Å². The van der Waals surface area contributed by atoms with Gasteiger partial charge in [-0.15, -0.1) is 0 Å². The number of hydrazine groups is 1. The van der Waals surface area contributed by atoms with Crippen molar-refractivity contribution >= 4 is 17.8 Å². The average molecular weight is 572 g/mol. The molecule has 3 aromatic rings. The van der Waals surface area contributed by atoms with Crippen molar-refractivity contribution in [2.45, 2.75) is 57.2 Å². The average Bonchev–Trinajstić information content (AvgIpc) is 3.55. The Morgan fingerprint density at radius 2 is 1.64 bits per heavy atom. The molecular formula is C33H37N3O6. The summed E-state index contributed by atoms with van der Waals surface area (Å²) >= 11 is 0. The van der Waals surface area contributed by atoms with E-state index in [-0.39, 0.29) is 32.1 Å². The maximum Gasteiger partial charge on any atom is 0.306 e. The van der Waals surface area contributed by atoms with Gasteiger partial charge in [-0.25, -0.2) is 10.4 Å². The van der Waals surface area contributed by atoms with Gasteiger partial charge in [0.25, 0.3) is 5.91 Å². The van der Waals surface area contributed by atoms with Crippen molar-refractivity contribution in [3.63, 3.8) is 0 Å². The van der Waals surface area contributed by atoms with Crippen LogP contribution in [0.25, 0.3) is 11.1 Å². The van der Waals surface area contributed by atoms with E-state index in [2.05, 4.69) is 23.0 Å². The molecule has 1 atom stereocenters. The van der Waals surface area contributed by atoms with Gasteiger partial charge in [-0.2, -0.15) is 0 Å². The fraction of sp³-hybridized carbons (Fsp3) is 0.364. The number of benzene rings is 3. The summed E-state index contributed by atoms with van der Waals surface area (Å²) in [6, 6.07) is 23.1. The zero-order valence-electron chi connectivity index (χ0n) is 24.2. The molecule has 0 unspecified atom stereocenters. The highest BCUT2D eigenvalue weighted by Crippen LogP contribution is 2.42. The Labute approximate surface area is 245 Å². The van der Waals surface area contributed by atoms with E-state index in [9.17, 15) is 9.59 Å². The number of fused-ring (bicyclic) bond motifs is 3. The van der Waals surface area contributed by atoms with Crippen molar-refractivity contribution in [1.82, 2.24) is 10.9 Å². The van der Waals surface area contributed by atoms with Gasteiger partial charge in [-0.1, -0.05) is 48.5 Å². The Bertz CT molecular complexity index is 1420. The summed E-state index contributed by atoms with van der Waals surface area (Å²) in [5.41, 5.74) is 9.20. The number of hydrogen-bond donors (Lipinski definition) is 3. The van der Waals surface area contributed by atoms with E-state index >= 15 is 0 Å². The summed E-state index contributed by atoms with van der Waals surface area (Å²) in [4.78, 5) is 31.3. The summed E-state index contributed by atoms with van der Waals surface area (Å²) in [5.74, 6) is 0.162. The molecule has 9 nitrogen and oxygen atoms in total. The van der Waals surface area contributed by atoms with Gasteiger partial charge in [0.2, 0.25) is 5.90 Å². The van der Waals surface area contributed by atoms with Crippen LogP contribution in [0.15, 0.2) is 77.8 Å². The predicted octanol–water partition coefficient (Wildman–Crippen LogP) is 4.48. The van der Waals surface area contributed by atoms with Crippen LogP contribution in [-0.2, 0) is 19.1 Å². The van der Waals surface area contributed by atoms with Gasteiger partial charge in [0.1, 0.15) is 18.0 Å². The monoisotopic (exact) mass is 571 g/mol. The molecule has 1 amide bonds. The first-order chi connectivity index (χ1) is 20.2. The van der Waals surface area contributed by atoms with E-state index in [0.717, 1.165) is 22.3 Å². The van der Waals surface area contributed by atoms with Crippen LogP contribution in [0, 0.1) is 0 Å². The van der Waals surface area contributed by atoms with Gasteiger partial charge < -0.3 is 19.3 Å². The number of esters is 1. The maximum absolute atomic E-state index is 13.9. The number of aliphatic hydroxyl groups excluding tert-OH is 1. The fourth-order valence-corrected chi connectivity index (χ4v) is 5.17. The second kappa shape index (κ2) is 12.3. The Balaban J connectivity index is 1.36. The Morgan fingerprint density at radius 1 is 1.00 bits per heavy atom. The van der Waals surface area contributed by atoms with Gasteiger partial charge in [0.05, 0.1) is 12.6 Å². The smallest absolute Gasteiger partial charge is 0.306 e. The zero-order chi connectivity index (χ0) is 29.7. The molecule has 0 radical (unpaired) electrons. The van der Waals surface area contributed by atoms with Crippen LogP contribution in [0.2, 0.25) is 0 Å². The van der Waals surface area contributed by atoms with Crippen LogP contribution >= 0.6 is 0 Å². The highest BCUT2D eigenvalue weighted by molar-refractivity contribution is 6.00. The maximum atomic E-state index is 13.9. The lowest BCUT2D eigenvalue weighted by atomic mass is 9.94. The molecule has 220 valence electrons. The zero-order valence-corrected chi connectivity index (χ0v) is 24.2. The second-order valence-corrected chi connectivity index (χ2v) is 11.5. The van der Waals surface area contributed by atoms with Gasteiger partial charge >= 0.3 is 5.97 Å². The third-order valence-electron chi connectivity index (χ3n) is 7.18. The molecule has 3 aromatic carbocycles. The molecule has 0 saturated carbocycles. The van der Waals surface area contributed by atoms with Crippen LogP contribution < -0.4 is 15.6 Å². The van der Waals surface area contributed by atoms with Gasteiger partial charge in [0, 0.05) is 25.0 Å². The van der Waals surface area contributed by atoms with E-state index in [1.807, 2.05) is 36.4 Å². The van der Waals surface area contributed by atoms with Crippen molar-refractivity contribution in [2.75, 3.05) is 19.8 Å². The molecule has 1 aliphatic carbocycles. The first-order valence-corrected chi connectivity index (χ1v) is 14.2. The number of aliphatic imine (C=N–C) groups is 1. The molecule has 9 heteroatoms. The summed E-state index contributed by atoms with van der Waals surface area (Å²) in [6.45, 7) is 5.86. The SMILES string of the molecule is CC(C)(C)OC(=O)CC[C@@]1(C(=O)NNC2c3ccccc3-c3ccccc32)COC(c2ccc(OCCCO)cc2)=N1. The number of ether oxygens (including phenoxy) is 3. The molecule has 2 aliphatic rings. The number of rotatable bonds is 11. The molecule has 0 spiro atoms. The normalized spacial score (nSPS) is 17.6. The topological polar surface area (TPSA) is 118 Å². The third-order valence-corrected chi connectivity index (χ3v) is 7.18. The molecule has 0 bridgehead atoms. The van der Waals surface area contributed by atoms with Crippen LogP contribution in [-0.4, -0.2) is 53.8 Å². The number of aliphatic hydroxyl groups is 1. The summed E-state index contributed by atoms with van der Waals surface area (Å²) in [5, 5.41) is 8.97. The van der Waals surface area contributed by atoms with Crippen LogP contribution in [0.4, 0.5) is 0 Å². The minimum absolute atomic E-state index is 0.00242. The molecule has 5 rings (SSSR count). The molecule has 1 aliphatic heterocycles. The van der Waals surface area contributed by atoms with E-state index in [1.54, 1.807) is 45.0 Å². The van der Waals surface area contributed by atoms with E-state index in [0.29, 0.717) is 30.2 Å². The van der Waals surface area contributed by atoms with Crippen molar-refractivity contribution in [3.05, 3.63) is 89.5 Å². The van der Waals surface area contributed by atoms with Crippen LogP contribution in [0.1, 0.15) is 62.8 Å². The van der Waals surface area contributed by atoms with Crippen molar-refractivity contribution in [2.24, 2.45) is 4.99 Å². The number of carbonyl (C=O) groups is 2. The lowest BCUT2D eigenvalue weighted by Gasteiger charge is -2.26. The molecule has 0 fully saturated rings.